The van der Waals surface area contributed by atoms with Crippen molar-refractivity contribution in [2.45, 2.75) is 31.7 Å². The van der Waals surface area contributed by atoms with Crippen molar-refractivity contribution >= 4 is 0 Å². The fourth-order valence-corrected chi connectivity index (χ4v) is 1.46. The highest BCUT2D eigenvalue weighted by Crippen LogP contribution is 2.30. The molecule has 1 N–H and O–H groups in total. The zero-order valence-corrected chi connectivity index (χ0v) is 6.34. The molecule has 1 heterocycles. The number of hydrogen-bond donors (Lipinski definition) is 1. The van der Waals surface area contributed by atoms with Gasteiger partial charge in [0, 0.05) is 6.04 Å². The maximum atomic E-state index is 3.45. The molecule has 0 bridgehead atoms. The molecule has 1 aliphatic heterocycles. The molecule has 1 saturated carbocycles. The van der Waals surface area contributed by atoms with Crippen LogP contribution in [0.1, 0.15) is 25.7 Å². The van der Waals surface area contributed by atoms with Crippen LogP contribution in [0.2, 0.25) is 0 Å². The van der Waals surface area contributed by atoms with Crippen LogP contribution in [0.25, 0.3) is 0 Å². The first-order valence-electron chi connectivity index (χ1n) is 4.37. The summed E-state index contributed by atoms with van der Waals surface area (Å²) in [5.41, 5.74) is 0. The lowest BCUT2D eigenvalue weighted by atomic mass is 10.2. The molecule has 0 amide bonds. The Bertz CT molecular complexity index is 130. The molecular weight excluding hydrogens is 122 g/mol. The first-order chi connectivity index (χ1) is 4.95. The zero-order chi connectivity index (χ0) is 6.81. The standard InChI is InChI=1S/C9H15N/c1-2-9(10-7-1)6-5-8-3-4-8/h5-6,8-10H,1-4,7H2/b6-5+. The van der Waals surface area contributed by atoms with Gasteiger partial charge >= 0.3 is 0 Å². The van der Waals surface area contributed by atoms with Gasteiger partial charge in [0.25, 0.3) is 0 Å². The lowest BCUT2D eigenvalue weighted by Crippen LogP contribution is -2.18. The molecule has 2 rings (SSSR count). The van der Waals surface area contributed by atoms with E-state index in [-0.39, 0.29) is 0 Å². The smallest absolute Gasteiger partial charge is 0.0250 e. The minimum absolute atomic E-state index is 0.709. The predicted molar refractivity (Wildman–Crippen MR) is 42.9 cm³/mol. The van der Waals surface area contributed by atoms with E-state index in [1.807, 2.05) is 0 Å². The van der Waals surface area contributed by atoms with Gasteiger partial charge in [0.2, 0.25) is 0 Å². The van der Waals surface area contributed by atoms with Crippen LogP contribution in [0.15, 0.2) is 12.2 Å². The minimum Gasteiger partial charge on any atom is -0.311 e. The molecule has 10 heavy (non-hydrogen) atoms. The van der Waals surface area contributed by atoms with E-state index in [2.05, 4.69) is 17.5 Å². The van der Waals surface area contributed by atoms with Crippen LogP contribution in [0, 0.1) is 5.92 Å². The average molecular weight is 137 g/mol. The van der Waals surface area contributed by atoms with Gasteiger partial charge in [-0.1, -0.05) is 12.2 Å². The van der Waals surface area contributed by atoms with Crippen molar-refractivity contribution < 1.29 is 0 Å². The van der Waals surface area contributed by atoms with Crippen LogP contribution in [0.4, 0.5) is 0 Å². The summed E-state index contributed by atoms with van der Waals surface area (Å²) in [6.45, 7) is 1.22. The van der Waals surface area contributed by atoms with Gasteiger partial charge in [-0.05, 0) is 38.1 Å². The zero-order valence-electron chi connectivity index (χ0n) is 6.34. The van der Waals surface area contributed by atoms with E-state index in [1.54, 1.807) is 0 Å². The van der Waals surface area contributed by atoms with E-state index in [0.717, 1.165) is 5.92 Å². The third-order valence-corrected chi connectivity index (χ3v) is 2.34. The van der Waals surface area contributed by atoms with E-state index < -0.39 is 0 Å². The minimum atomic E-state index is 0.709. The molecule has 1 unspecified atom stereocenters. The van der Waals surface area contributed by atoms with Crippen molar-refractivity contribution in [3.05, 3.63) is 12.2 Å². The van der Waals surface area contributed by atoms with E-state index in [1.165, 1.54) is 32.2 Å². The van der Waals surface area contributed by atoms with Crippen molar-refractivity contribution in [1.82, 2.24) is 5.32 Å². The monoisotopic (exact) mass is 137 g/mol. The SMILES string of the molecule is C(=C\C1CCCN1)/C1CC1. The fraction of sp³-hybridized carbons (Fsp3) is 0.778. The molecule has 0 aromatic rings. The summed E-state index contributed by atoms with van der Waals surface area (Å²) in [6.07, 6.45) is 10.3. The Morgan fingerprint density at radius 2 is 2.00 bits per heavy atom. The second-order valence-electron chi connectivity index (χ2n) is 3.43. The summed E-state index contributed by atoms with van der Waals surface area (Å²) in [6, 6.07) is 0.709. The summed E-state index contributed by atoms with van der Waals surface area (Å²) in [5, 5.41) is 3.45. The molecule has 1 saturated heterocycles. The van der Waals surface area contributed by atoms with Crippen LogP contribution >= 0.6 is 0 Å². The molecule has 1 nitrogen and oxygen atoms in total. The van der Waals surface area contributed by atoms with Crippen molar-refractivity contribution in [1.29, 1.82) is 0 Å². The number of allylic oxidation sites excluding steroid dienone is 1. The summed E-state index contributed by atoms with van der Waals surface area (Å²) in [5.74, 6) is 0.947. The van der Waals surface area contributed by atoms with E-state index in [4.69, 9.17) is 0 Å². The number of rotatable bonds is 2. The van der Waals surface area contributed by atoms with Crippen LogP contribution in [0.5, 0.6) is 0 Å². The molecule has 1 heteroatoms. The van der Waals surface area contributed by atoms with E-state index in [0.29, 0.717) is 6.04 Å². The topological polar surface area (TPSA) is 12.0 Å². The van der Waals surface area contributed by atoms with Crippen molar-refractivity contribution in [3.63, 3.8) is 0 Å². The lowest BCUT2D eigenvalue weighted by Gasteiger charge is -2.00. The predicted octanol–water partition coefficient (Wildman–Crippen LogP) is 1.70. The maximum absolute atomic E-state index is 3.45. The van der Waals surface area contributed by atoms with Gasteiger partial charge in [-0.25, -0.2) is 0 Å². The molecular formula is C9H15N. The van der Waals surface area contributed by atoms with Crippen LogP contribution in [-0.4, -0.2) is 12.6 Å². The normalized spacial score (nSPS) is 33.8. The van der Waals surface area contributed by atoms with Crippen LogP contribution in [-0.2, 0) is 0 Å². The van der Waals surface area contributed by atoms with Gasteiger partial charge in [-0.2, -0.15) is 0 Å². The second-order valence-corrected chi connectivity index (χ2v) is 3.43. The molecule has 0 aromatic heterocycles. The molecule has 0 aromatic carbocycles. The highest BCUT2D eigenvalue weighted by molar-refractivity contribution is 5.02. The van der Waals surface area contributed by atoms with Crippen molar-refractivity contribution in [2.24, 2.45) is 5.92 Å². The Kier molecular flexibility index (Phi) is 1.76. The third-order valence-electron chi connectivity index (χ3n) is 2.34. The Morgan fingerprint density at radius 1 is 1.10 bits per heavy atom. The summed E-state index contributed by atoms with van der Waals surface area (Å²) >= 11 is 0. The van der Waals surface area contributed by atoms with E-state index in [9.17, 15) is 0 Å². The molecule has 1 aliphatic carbocycles. The number of hydrogen-bond acceptors (Lipinski definition) is 1. The fourth-order valence-electron chi connectivity index (χ4n) is 1.46. The first kappa shape index (κ1) is 6.41. The maximum Gasteiger partial charge on any atom is 0.0250 e. The van der Waals surface area contributed by atoms with Crippen LogP contribution in [0.3, 0.4) is 0 Å². The quantitative estimate of drug-likeness (QED) is 0.571. The van der Waals surface area contributed by atoms with Gasteiger partial charge < -0.3 is 5.32 Å². The lowest BCUT2D eigenvalue weighted by molar-refractivity contribution is 0.723. The largest absolute Gasteiger partial charge is 0.311 e. The molecule has 2 aliphatic rings. The first-order valence-corrected chi connectivity index (χ1v) is 4.37. The molecule has 1 atom stereocenters. The van der Waals surface area contributed by atoms with Gasteiger partial charge in [0.05, 0.1) is 0 Å². The summed E-state index contributed by atoms with van der Waals surface area (Å²) in [4.78, 5) is 0. The molecule has 0 spiro atoms. The highest BCUT2D eigenvalue weighted by atomic mass is 14.9. The van der Waals surface area contributed by atoms with Gasteiger partial charge in [0.1, 0.15) is 0 Å². The van der Waals surface area contributed by atoms with Crippen LogP contribution < -0.4 is 5.32 Å². The van der Waals surface area contributed by atoms with Gasteiger partial charge in [-0.15, -0.1) is 0 Å². The second kappa shape index (κ2) is 2.75. The van der Waals surface area contributed by atoms with Gasteiger partial charge in [-0.3, -0.25) is 0 Å². The van der Waals surface area contributed by atoms with E-state index >= 15 is 0 Å². The summed E-state index contributed by atoms with van der Waals surface area (Å²) in [7, 11) is 0. The third kappa shape index (κ3) is 1.60. The summed E-state index contributed by atoms with van der Waals surface area (Å²) < 4.78 is 0. The van der Waals surface area contributed by atoms with Gasteiger partial charge in [0.15, 0.2) is 0 Å². The Hall–Kier alpha value is -0.300. The highest BCUT2D eigenvalue weighted by Gasteiger charge is 2.18. The Morgan fingerprint density at radius 3 is 2.60 bits per heavy atom. The Labute approximate surface area is 62.5 Å². The molecule has 2 fully saturated rings. The van der Waals surface area contributed by atoms with Crippen molar-refractivity contribution in [2.75, 3.05) is 6.54 Å². The number of nitrogens with one attached hydrogen (secondary N) is 1. The molecule has 0 radical (unpaired) electrons. The molecule has 56 valence electrons. The average Bonchev–Trinajstić information content (AvgIpc) is 2.63. The van der Waals surface area contributed by atoms with Crippen molar-refractivity contribution in [3.8, 4) is 0 Å². The Balaban J connectivity index is 1.76.